The van der Waals surface area contributed by atoms with Crippen LogP contribution in [0.5, 0.6) is 5.75 Å². The van der Waals surface area contributed by atoms with Gasteiger partial charge in [-0.25, -0.2) is 9.97 Å². The van der Waals surface area contributed by atoms with E-state index in [-0.39, 0.29) is 5.75 Å². The zero-order valence-electron chi connectivity index (χ0n) is 13.3. The number of aromatic nitrogens is 3. The molecule has 1 N–H and O–H groups in total. The van der Waals surface area contributed by atoms with Gasteiger partial charge in [0.2, 0.25) is 0 Å². The van der Waals surface area contributed by atoms with Gasteiger partial charge in [0.1, 0.15) is 17.1 Å². The third-order valence-electron chi connectivity index (χ3n) is 4.05. The molecule has 4 aromatic rings. The lowest BCUT2D eigenvalue weighted by molar-refractivity contribution is 0.474. The van der Waals surface area contributed by atoms with Crippen LogP contribution in [0.15, 0.2) is 66.9 Å². The highest BCUT2D eigenvalue weighted by Gasteiger charge is 2.14. The van der Waals surface area contributed by atoms with Gasteiger partial charge in [0.25, 0.3) is 0 Å². The van der Waals surface area contributed by atoms with Crippen LogP contribution < -0.4 is 0 Å². The summed E-state index contributed by atoms with van der Waals surface area (Å²) in [6.07, 6.45) is 2.41. The number of aromatic hydroxyl groups is 1. The van der Waals surface area contributed by atoms with Crippen LogP contribution in [0.2, 0.25) is 0 Å². The van der Waals surface area contributed by atoms with E-state index in [9.17, 15) is 5.11 Å². The van der Waals surface area contributed by atoms with Gasteiger partial charge in [0.05, 0.1) is 0 Å². The maximum absolute atomic E-state index is 9.71. The quantitative estimate of drug-likeness (QED) is 0.621. The van der Waals surface area contributed by atoms with E-state index in [1.54, 1.807) is 18.3 Å². The molecule has 0 saturated carbocycles. The molecule has 0 aliphatic rings. The summed E-state index contributed by atoms with van der Waals surface area (Å²) in [5.41, 5.74) is 4.98. The lowest BCUT2D eigenvalue weighted by atomic mass is 10.1. The second kappa shape index (κ2) is 5.81. The highest BCUT2D eigenvalue weighted by Crippen LogP contribution is 2.23. The zero-order chi connectivity index (χ0) is 16.5. The summed E-state index contributed by atoms with van der Waals surface area (Å²) in [4.78, 5) is 9.27. The van der Waals surface area contributed by atoms with Crippen LogP contribution >= 0.6 is 0 Å². The lowest BCUT2D eigenvalue weighted by Crippen LogP contribution is -2.03. The summed E-state index contributed by atoms with van der Waals surface area (Å²) < 4.78 is 2.08. The molecule has 4 rings (SSSR count). The predicted octanol–water partition coefficient (Wildman–Crippen LogP) is 4.03. The number of aryl methyl sites for hydroxylation is 1. The van der Waals surface area contributed by atoms with Crippen LogP contribution in [0.25, 0.3) is 16.9 Å². The van der Waals surface area contributed by atoms with Crippen LogP contribution in [0, 0.1) is 6.92 Å². The normalized spacial score (nSPS) is 11.0. The minimum atomic E-state index is 0.267. The van der Waals surface area contributed by atoms with Gasteiger partial charge in [-0.15, -0.1) is 0 Å². The van der Waals surface area contributed by atoms with Crippen molar-refractivity contribution in [2.75, 3.05) is 0 Å². The van der Waals surface area contributed by atoms with E-state index >= 15 is 0 Å². The third-order valence-corrected chi connectivity index (χ3v) is 4.05. The monoisotopic (exact) mass is 315 g/mol. The molecular formula is C20H17N3O. The van der Waals surface area contributed by atoms with Crippen LogP contribution in [0.3, 0.4) is 0 Å². The number of nitrogens with zero attached hydrogens (tertiary/aromatic N) is 3. The Kier molecular flexibility index (Phi) is 3.50. The number of phenolic OH excluding ortho intramolecular Hbond substituents is 1. The van der Waals surface area contributed by atoms with E-state index in [0.717, 1.165) is 28.2 Å². The molecule has 0 aliphatic heterocycles. The Morgan fingerprint density at radius 3 is 2.62 bits per heavy atom. The van der Waals surface area contributed by atoms with Crippen molar-refractivity contribution in [3.05, 3.63) is 83.8 Å². The fraction of sp³-hybridized carbons (Fsp3) is 0.100. The van der Waals surface area contributed by atoms with Crippen molar-refractivity contribution in [1.82, 2.24) is 14.5 Å². The lowest BCUT2D eigenvalue weighted by Gasteiger charge is -2.09. The van der Waals surface area contributed by atoms with Gasteiger partial charge >= 0.3 is 0 Å². The number of rotatable bonds is 3. The number of phenols is 1. The van der Waals surface area contributed by atoms with Gasteiger partial charge in [-0.2, -0.15) is 0 Å². The average Bonchev–Trinajstić information content (AvgIpc) is 2.93. The third kappa shape index (κ3) is 2.63. The molecule has 4 heteroatoms. The molecule has 2 aromatic heterocycles. The van der Waals surface area contributed by atoms with Crippen molar-refractivity contribution in [1.29, 1.82) is 0 Å². The number of benzene rings is 2. The Labute approximate surface area is 140 Å². The van der Waals surface area contributed by atoms with E-state index < -0.39 is 0 Å². The molecule has 118 valence electrons. The Hall–Kier alpha value is -3.14. The number of hydrogen-bond donors (Lipinski definition) is 1. The summed E-state index contributed by atoms with van der Waals surface area (Å²) in [5, 5.41) is 9.71. The first-order valence-electron chi connectivity index (χ1n) is 7.88. The molecular weight excluding hydrogens is 298 g/mol. The SMILES string of the molecule is Cc1ccc(-n2c(Cc3cccc(O)c3)nc3cccnc32)cc1. The summed E-state index contributed by atoms with van der Waals surface area (Å²) in [6.45, 7) is 2.07. The summed E-state index contributed by atoms with van der Waals surface area (Å²) in [7, 11) is 0. The highest BCUT2D eigenvalue weighted by molar-refractivity contribution is 5.74. The summed E-state index contributed by atoms with van der Waals surface area (Å²) in [6, 6.07) is 19.5. The molecule has 0 fully saturated rings. The number of fused-ring (bicyclic) bond motifs is 1. The zero-order valence-corrected chi connectivity index (χ0v) is 13.3. The van der Waals surface area contributed by atoms with Crippen molar-refractivity contribution in [2.24, 2.45) is 0 Å². The molecule has 0 bridgehead atoms. The number of hydrogen-bond acceptors (Lipinski definition) is 3. The van der Waals surface area contributed by atoms with E-state index in [0.29, 0.717) is 6.42 Å². The second-order valence-corrected chi connectivity index (χ2v) is 5.89. The van der Waals surface area contributed by atoms with Crippen LogP contribution in [-0.4, -0.2) is 19.6 Å². The molecule has 2 aromatic carbocycles. The molecule has 0 saturated heterocycles. The van der Waals surface area contributed by atoms with E-state index in [1.807, 2.05) is 24.3 Å². The van der Waals surface area contributed by atoms with Crippen LogP contribution in [-0.2, 0) is 6.42 Å². The van der Waals surface area contributed by atoms with Gasteiger partial charge in [0.15, 0.2) is 5.65 Å². The fourth-order valence-corrected chi connectivity index (χ4v) is 2.89. The molecule has 4 nitrogen and oxygen atoms in total. The predicted molar refractivity (Wildman–Crippen MR) is 94.5 cm³/mol. The van der Waals surface area contributed by atoms with Crippen molar-refractivity contribution in [3.8, 4) is 11.4 Å². The van der Waals surface area contributed by atoms with E-state index in [2.05, 4.69) is 40.7 Å². The van der Waals surface area contributed by atoms with Crippen molar-refractivity contribution in [2.45, 2.75) is 13.3 Å². The van der Waals surface area contributed by atoms with Gasteiger partial charge in [-0.1, -0.05) is 29.8 Å². The Balaban J connectivity index is 1.88. The number of imidazole rings is 1. The standard InChI is InChI=1S/C20H17N3O/c1-14-7-9-16(10-8-14)23-19(13-15-4-2-5-17(24)12-15)22-18-6-3-11-21-20(18)23/h2-12,24H,13H2,1H3. The Morgan fingerprint density at radius 1 is 1.00 bits per heavy atom. The van der Waals surface area contributed by atoms with E-state index in [4.69, 9.17) is 4.98 Å². The minimum Gasteiger partial charge on any atom is -0.508 e. The van der Waals surface area contributed by atoms with E-state index in [1.165, 1.54) is 5.56 Å². The molecule has 0 aliphatic carbocycles. The molecule has 0 atom stereocenters. The maximum atomic E-state index is 9.71. The molecule has 2 heterocycles. The Bertz CT molecular complexity index is 1000. The first-order chi connectivity index (χ1) is 11.7. The van der Waals surface area contributed by atoms with Crippen LogP contribution in [0.4, 0.5) is 0 Å². The summed E-state index contributed by atoms with van der Waals surface area (Å²) >= 11 is 0. The number of pyridine rings is 1. The topological polar surface area (TPSA) is 50.9 Å². The largest absolute Gasteiger partial charge is 0.508 e. The van der Waals surface area contributed by atoms with Gasteiger partial charge in [-0.05, 0) is 48.9 Å². The fourth-order valence-electron chi connectivity index (χ4n) is 2.89. The molecule has 0 spiro atoms. The van der Waals surface area contributed by atoms with Crippen LogP contribution in [0.1, 0.15) is 17.0 Å². The highest BCUT2D eigenvalue weighted by atomic mass is 16.3. The summed E-state index contributed by atoms with van der Waals surface area (Å²) in [5.74, 6) is 1.17. The first-order valence-corrected chi connectivity index (χ1v) is 7.88. The van der Waals surface area contributed by atoms with Crippen molar-refractivity contribution >= 4 is 11.2 Å². The molecule has 0 amide bonds. The van der Waals surface area contributed by atoms with Gasteiger partial charge in [-0.3, -0.25) is 4.57 Å². The van der Waals surface area contributed by atoms with Gasteiger partial charge < -0.3 is 5.11 Å². The average molecular weight is 315 g/mol. The van der Waals surface area contributed by atoms with Crippen molar-refractivity contribution in [3.63, 3.8) is 0 Å². The maximum Gasteiger partial charge on any atom is 0.164 e. The van der Waals surface area contributed by atoms with Gasteiger partial charge in [0, 0.05) is 18.3 Å². The molecule has 0 unspecified atom stereocenters. The first kappa shape index (κ1) is 14.5. The molecule has 0 radical (unpaired) electrons. The van der Waals surface area contributed by atoms with Crippen molar-refractivity contribution < 1.29 is 5.11 Å². The Morgan fingerprint density at radius 2 is 1.83 bits per heavy atom. The minimum absolute atomic E-state index is 0.267. The second-order valence-electron chi connectivity index (χ2n) is 5.89. The molecule has 24 heavy (non-hydrogen) atoms. The smallest absolute Gasteiger partial charge is 0.164 e.